The smallest absolute Gasteiger partial charge is 0.270 e. The lowest BCUT2D eigenvalue weighted by Crippen LogP contribution is -2.10. The quantitative estimate of drug-likeness (QED) is 0.552. The number of methoxy groups -OCH3 is 1. The van der Waals surface area contributed by atoms with E-state index in [1.165, 1.54) is 22.8 Å². The van der Waals surface area contributed by atoms with Crippen molar-refractivity contribution in [3.8, 4) is 5.75 Å². The molecule has 0 unspecified atom stereocenters. The molecule has 1 aromatic heterocycles. The van der Waals surface area contributed by atoms with Crippen LogP contribution in [-0.4, -0.2) is 17.0 Å². The zero-order valence-electron chi connectivity index (χ0n) is 14.7. The summed E-state index contributed by atoms with van der Waals surface area (Å²) in [4.78, 5) is 15.1. The first kappa shape index (κ1) is 16.3. The summed E-state index contributed by atoms with van der Waals surface area (Å²) in [7, 11) is 1.70. The van der Waals surface area contributed by atoms with Crippen molar-refractivity contribution in [2.45, 2.75) is 25.8 Å². The molecule has 1 aliphatic rings. The minimum atomic E-state index is -0.393. The van der Waals surface area contributed by atoms with E-state index >= 15 is 0 Å². The molecule has 0 fully saturated rings. The maximum absolute atomic E-state index is 10.9. The number of pyridine rings is 1. The molecule has 0 radical (unpaired) electrons. The maximum Gasteiger partial charge on any atom is 0.270 e. The number of non-ortho nitro benzene ring substituents is 1. The first-order chi connectivity index (χ1) is 12.6. The van der Waals surface area contributed by atoms with Crippen molar-refractivity contribution >= 4 is 22.4 Å². The topological polar surface area (TPSA) is 77.3 Å². The molecule has 0 saturated carbocycles. The van der Waals surface area contributed by atoms with Crippen molar-refractivity contribution in [3.05, 3.63) is 69.3 Å². The normalized spacial score (nSPS) is 15.7. The first-order valence-electron chi connectivity index (χ1n) is 8.55. The van der Waals surface area contributed by atoms with Gasteiger partial charge in [0.25, 0.3) is 5.69 Å². The Hall–Kier alpha value is -3.15. The molecule has 0 amide bonds. The van der Waals surface area contributed by atoms with Gasteiger partial charge < -0.3 is 10.1 Å². The van der Waals surface area contributed by atoms with Crippen molar-refractivity contribution in [2.75, 3.05) is 12.4 Å². The van der Waals surface area contributed by atoms with Gasteiger partial charge in [-0.05, 0) is 55.2 Å². The van der Waals surface area contributed by atoms with Gasteiger partial charge in [0.05, 0.1) is 23.6 Å². The highest BCUT2D eigenvalue weighted by Gasteiger charge is 2.27. The largest absolute Gasteiger partial charge is 0.496 e. The molecule has 3 aromatic rings. The van der Waals surface area contributed by atoms with Gasteiger partial charge in [-0.15, -0.1) is 0 Å². The zero-order chi connectivity index (χ0) is 18.3. The summed E-state index contributed by atoms with van der Waals surface area (Å²) < 4.78 is 5.56. The van der Waals surface area contributed by atoms with Crippen molar-refractivity contribution in [2.24, 2.45) is 0 Å². The fourth-order valence-corrected chi connectivity index (χ4v) is 3.71. The van der Waals surface area contributed by atoms with Crippen LogP contribution in [-0.2, 0) is 6.42 Å². The molecule has 0 aliphatic heterocycles. The molecule has 1 N–H and O–H groups in total. The summed E-state index contributed by atoms with van der Waals surface area (Å²) in [5.41, 5.74) is 4.64. The number of aromatic nitrogens is 1. The number of nitro benzene ring substituents is 1. The Morgan fingerprint density at radius 2 is 2.08 bits per heavy atom. The van der Waals surface area contributed by atoms with Crippen LogP contribution in [0.3, 0.4) is 0 Å². The molecule has 2 aromatic carbocycles. The molecular formula is C20H19N3O3. The summed E-state index contributed by atoms with van der Waals surface area (Å²) in [6, 6.07) is 12.7. The van der Waals surface area contributed by atoms with E-state index in [1.54, 1.807) is 19.2 Å². The first-order valence-corrected chi connectivity index (χ1v) is 8.55. The van der Waals surface area contributed by atoms with Gasteiger partial charge >= 0.3 is 0 Å². The molecule has 132 valence electrons. The Kier molecular flexibility index (Phi) is 3.95. The van der Waals surface area contributed by atoms with Gasteiger partial charge in [0.1, 0.15) is 11.6 Å². The standard InChI is InChI=1S/C20H19N3O3/c1-12-3-9-18(26-2)20-15(12)6-8-17(20)22-19-10-4-13-11-14(23(24)25)5-7-16(13)21-19/h3-5,7,9-11,17H,6,8H2,1-2H3,(H,21,22)/t17-/m0/s1. The molecule has 0 saturated heterocycles. The molecule has 1 atom stereocenters. The highest BCUT2D eigenvalue weighted by atomic mass is 16.6. The Bertz CT molecular complexity index is 1020. The number of fused-ring (bicyclic) bond motifs is 2. The number of nitrogens with zero attached hydrogens (tertiary/aromatic N) is 2. The number of nitrogens with one attached hydrogen (secondary N) is 1. The second-order valence-electron chi connectivity index (χ2n) is 6.54. The fraction of sp³-hybridized carbons (Fsp3) is 0.250. The molecule has 6 nitrogen and oxygen atoms in total. The predicted molar refractivity (Wildman–Crippen MR) is 101 cm³/mol. The number of ether oxygens (including phenoxy) is 1. The maximum atomic E-state index is 10.9. The van der Waals surface area contributed by atoms with Crippen LogP contribution in [0.5, 0.6) is 5.75 Å². The summed E-state index contributed by atoms with van der Waals surface area (Å²) in [5.74, 6) is 1.66. The Morgan fingerprint density at radius 1 is 1.23 bits per heavy atom. The molecule has 4 rings (SSSR count). The number of benzene rings is 2. The number of aryl methyl sites for hydroxylation is 1. The van der Waals surface area contributed by atoms with Crippen LogP contribution in [0, 0.1) is 17.0 Å². The van der Waals surface area contributed by atoms with Gasteiger partial charge in [-0.3, -0.25) is 10.1 Å². The van der Waals surface area contributed by atoms with E-state index in [0.717, 1.165) is 35.3 Å². The average molecular weight is 349 g/mol. The lowest BCUT2D eigenvalue weighted by molar-refractivity contribution is -0.384. The molecule has 1 heterocycles. The van der Waals surface area contributed by atoms with E-state index in [-0.39, 0.29) is 11.7 Å². The highest BCUT2D eigenvalue weighted by Crippen LogP contribution is 2.41. The van der Waals surface area contributed by atoms with Crippen LogP contribution in [0.4, 0.5) is 11.5 Å². The van der Waals surface area contributed by atoms with Gasteiger partial charge in [-0.1, -0.05) is 6.07 Å². The van der Waals surface area contributed by atoms with Crippen LogP contribution in [0.1, 0.15) is 29.2 Å². The minimum Gasteiger partial charge on any atom is -0.496 e. The number of rotatable bonds is 4. The van der Waals surface area contributed by atoms with Crippen LogP contribution >= 0.6 is 0 Å². The van der Waals surface area contributed by atoms with Gasteiger partial charge in [-0.2, -0.15) is 0 Å². The number of nitro groups is 1. The Balaban J connectivity index is 1.66. The van der Waals surface area contributed by atoms with Crippen LogP contribution in [0.2, 0.25) is 0 Å². The van der Waals surface area contributed by atoms with Gasteiger partial charge in [0, 0.05) is 23.1 Å². The average Bonchev–Trinajstić information content (AvgIpc) is 3.06. The number of hydrogen-bond acceptors (Lipinski definition) is 5. The third-order valence-electron chi connectivity index (χ3n) is 5.01. The van der Waals surface area contributed by atoms with Crippen LogP contribution in [0.25, 0.3) is 10.9 Å². The number of anilines is 1. The Morgan fingerprint density at radius 3 is 2.85 bits per heavy atom. The third-order valence-corrected chi connectivity index (χ3v) is 5.01. The van der Waals surface area contributed by atoms with E-state index in [2.05, 4.69) is 23.3 Å². The highest BCUT2D eigenvalue weighted by molar-refractivity contribution is 5.82. The van der Waals surface area contributed by atoms with Crippen molar-refractivity contribution in [1.29, 1.82) is 0 Å². The van der Waals surface area contributed by atoms with E-state index < -0.39 is 4.92 Å². The van der Waals surface area contributed by atoms with E-state index in [4.69, 9.17) is 4.74 Å². The van der Waals surface area contributed by atoms with E-state index in [9.17, 15) is 10.1 Å². The molecule has 26 heavy (non-hydrogen) atoms. The molecular weight excluding hydrogens is 330 g/mol. The second-order valence-corrected chi connectivity index (χ2v) is 6.54. The molecule has 0 bridgehead atoms. The van der Waals surface area contributed by atoms with Gasteiger partial charge in [0.2, 0.25) is 0 Å². The van der Waals surface area contributed by atoms with Crippen molar-refractivity contribution < 1.29 is 9.66 Å². The van der Waals surface area contributed by atoms with Gasteiger partial charge in [-0.25, -0.2) is 4.98 Å². The number of hydrogen-bond donors (Lipinski definition) is 1. The third kappa shape index (κ3) is 2.73. The van der Waals surface area contributed by atoms with Crippen molar-refractivity contribution in [3.63, 3.8) is 0 Å². The lowest BCUT2D eigenvalue weighted by atomic mass is 10.0. The van der Waals surface area contributed by atoms with Gasteiger partial charge in [0.15, 0.2) is 0 Å². The SMILES string of the molecule is COc1ccc(C)c2c1[C@@H](Nc1ccc3cc([N+](=O)[O-])ccc3n1)CC2. The lowest BCUT2D eigenvalue weighted by Gasteiger charge is -2.18. The Labute approximate surface area is 151 Å². The summed E-state index contributed by atoms with van der Waals surface area (Å²) in [6.07, 6.45) is 1.99. The van der Waals surface area contributed by atoms with E-state index in [1.807, 2.05) is 18.2 Å². The monoisotopic (exact) mass is 349 g/mol. The molecule has 6 heteroatoms. The molecule has 0 spiro atoms. The minimum absolute atomic E-state index is 0.0740. The molecule has 1 aliphatic carbocycles. The predicted octanol–water partition coefficient (Wildman–Crippen LogP) is 4.56. The zero-order valence-corrected chi connectivity index (χ0v) is 14.7. The fourth-order valence-electron chi connectivity index (χ4n) is 3.71. The summed E-state index contributed by atoms with van der Waals surface area (Å²) in [5, 5.41) is 15.2. The van der Waals surface area contributed by atoms with Crippen LogP contribution < -0.4 is 10.1 Å². The summed E-state index contributed by atoms with van der Waals surface area (Å²) >= 11 is 0. The second kappa shape index (κ2) is 6.29. The van der Waals surface area contributed by atoms with Crippen LogP contribution in [0.15, 0.2) is 42.5 Å². The summed E-state index contributed by atoms with van der Waals surface area (Å²) in [6.45, 7) is 2.13. The van der Waals surface area contributed by atoms with Crippen molar-refractivity contribution in [1.82, 2.24) is 4.98 Å². The van der Waals surface area contributed by atoms with E-state index in [0.29, 0.717) is 0 Å².